The minimum atomic E-state index is 0.787. The highest BCUT2D eigenvalue weighted by atomic mass is 32.1. The van der Waals surface area contributed by atoms with E-state index < -0.39 is 0 Å². The van der Waals surface area contributed by atoms with Crippen LogP contribution in [0.3, 0.4) is 0 Å². The average Bonchev–Trinajstić information content (AvgIpc) is 2.75. The van der Waals surface area contributed by atoms with Crippen molar-refractivity contribution in [1.82, 2.24) is 4.98 Å². The Morgan fingerprint density at radius 1 is 1.12 bits per heavy atom. The fourth-order valence-electron chi connectivity index (χ4n) is 1.84. The molecule has 0 aliphatic heterocycles. The average molecular weight is 240 g/mol. The quantitative estimate of drug-likeness (QED) is 0.656. The molecule has 0 spiro atoms. The number of thiazole rings is 1. The molecule has 0 atom stereocenters. The van der Waals surface area contributed by atoms with Crippen molar-refractivity contribution in [2.24, 2.45) is 0 Å². The van der Waals surface area contributed by atoms with Gasteiger partial charge in [0.05, 0.1) is 10.2 Å². The molecule has 2 aromatic carbocycles. The van der Waals surface area contributed by atoms with Crippen LogP contribution in [-0.4, -0.2) is 4.98 Å². The lowest BCUT2D eigenvalue weighted by molar-refractivity contribution is 1.43. The third-order valence-electron chi connectivity index (χ3n) is 2.73. The van der Waals surface area contributed by atoms with E-state index in [0.29, 0.717) is 0 Å². The molecule has 0 saturated heterocycles. The van der Waals surface area contributed by atoms with E-state index in [1.165, 1.54) is 10.3 Å². The van der Waals surface area contributed by atoms with Gasteiger partial charge in [0.25, 0.3) is 0 Å². The number of nitrogens with two attached hydrogens (primary N) is 1. The molecule has 0 saturated carbocycles. The molecular formula is C14H12N2S. The fraction of sp³-hybridized carbons (Fsp3) is 0.0714. The number of aromatic nitrogens is 1. The van der Waals surface area contributed by atoms with E-state index in [4.69, 9.17) is 5.73 Å². The first-order valence-corrected chi connectivity index (χ1v) is 6.28. The fourth-order valence-corrected chi connectivity index (χ4v) is 2.85. The molecule has 0 aliphatic carbocycles. The smallest absolute Gasteiger partial charge is 0.126 e. The zero-order chi connectivity index (χ0) is 11.8. The molecule has 3 aromatic rings. The second kappa shape index (κ2) is 3.86. The molecule has 0 amide bonds. The number of para-hydroxylation sites is 1. The minimum Gasteiger partial charge on any atom is -0.398 e. The van der Waals surface area contributed by atoms with Crippen molar-refractivity contribution in [3.63, 3.8) is 0 Å². The third-order valence-corrected chi connectivity index (χ3v) is 3.80. The number of anilines is 1. The molecule has 2 N–H and O–H groups in total. The van der Waals surface area contributed by atoms with Gasteiger partial charge in [-0.25, -0.2) is 4.98 Å². The molecule has 84 valence electrons. The lowest BCUT2D eigenvalue weighted by Crippen LogP contribution is -1.89. The van der Waals surface area contributed by atoms with Gasteiger partial charge in [-0.05, 0) is 31.2 Å². The SMILES string of the molecule is Cc1ccc(N)c(-c2nc3ccccc3s2)c1. The van der Waals surface area contributed by atoms with Crippen molar-refractivity contribution in [2.45, 2.75) is 6.92 Å². The van der Waals surface area contributed by atoms with Crippen LogP contribution < -0.4 is 5.73 Å². The van der Waals surface area contributed by atoms with Crippen LogP contribution >= 0.6 is 11.3 Å². The molecule has 0 radical (unpaired) electrons. The highest BCUT2D eigenvalue weighted by Crippen LogP contribution is 2.33. The van der Waals surface area contributed by atoms with Crippen LogP contribution in [0.15, 0.2) is 42.5 Å². The van der Waals surface area contributed by atoms with Crippen LogP contribution in [0.25, 0.3) is 20.8 Å². The Balaban J connectivity index is 2.23. The molecule has 2 nitrogen and oxygen atoms in total. The van der Waals surface area contributed by atoms with Gasteiger partial charge < -0.3 is 5.73 Å². The number of rotatable bonds is 1. The van der Waals surface area contributed by atoms with Crippen molar-refractivity contribution in [3.05, 3.63) is 48.0 Å². The molecule has 0 bridgehead atoms. The summed E-state index contributed by atoms with van der Waals surface area (Å²) in [6.07, 6.45) is 0. The molecule has 3 heteroatoms. The van der Waals surface area contributed by atoms with E-state index >= 15 is 0 Å². The summed E-state index contributed by atoms with van der Waals surface area (Å²) in [5.41, 5.74) is 10.1. The standard InChI is InChI=1S/C14H12N2S/c1-9-6-7-11(15)10(8-9)14-16-12-4-2-3-5-13(12)17-14/h2-8H,15H2,1H3. The predicted molar refractivity (Wildman–Crippen MR) is 74.2 cm³/mol. The number of hydrogen-bond donors (Lipinski definition) is 1. The van der Waals surface area contributed by atoms with Crippen molar-refractivity contribution in [2.75, 3.05) is 5.73 Å². The summed E-state index contributed by atoms with van der Waals surface area (Å²) >= 11 is 1.68. The Morgan fingerprint density at radius 2 is 1.94 bits per heavy atom. The van der Waals surface area contributed by atoms with Crippen LogP contribution in [0.2, 0.25) is 0 Å². The largest absolute Gasteiger partial charge is 0.398 e. The number of hydrogen-bond acceptors (Lipinski definition) is 3. The second-order valence-electron chi connectivity index (χ2n) is 4.08. The summed E-state index contributed by atoms with van der Waals surface area (Å²) in [7, 11) is 0. The van der Waals surface area contributed by atoms with Gasteiger partial charge in [-0.15, -0.1) is 11.3 Å². The van der Waals surface area contributed by atoms with Gasteiger partial charge in [-0.2, -0.15) is 0 Å². The topological polar surface area (TPSA) is 38.9 Å². The van der Waals surface area contributed by atoms with E-state index in [0.717, 1.165) is 21.8 Å². The number of nitrogens with zero attached hydrogens (tertiary/aromatic N) is 1. The second-order valence-corrected chi connectivity index (χ2v) is 5.11. The summed E-state index contributed by atoms with van der Waals surface area (Å²) in [5, 5.41) is 0.993. The Labute approximate surface area is 104 Å². The van der Waals surface area contributed by atoms with Crippen LogP contribution in [0, 0.1) is 6.92 Å². The third kappa shape index (κ3) is 1.78. The monoisotopic (exact) mass is 240 g/mol. The summed E-state index contributed by atoms with van der Waals surface area (Å²) in [5.74, 6) is 0. The van der Waals surface area contributed by atoms with Crippen LogP contribution in [0.4, 0.5) is 5.69 Å². The zero-order valence-electron chi connectivity index (χ0n) is 9.47. The van der Waals surface area contributed by atoms with Gasteiger partial charge >= 0.3 is 0 Å². The van der Waals surface area contributed by atoms with E-state index in [-0.39, 0.29) is 0 Å². The van der Waals surface area contributed by atoms with E-state index in [2.05, 4.69) is 24.0 Å². The number of nitrogen functional groups attached to an aromatic ring is 1. The maximum absolute atomic E-state index is 6.01. The minimum absolute atomic E-state index is 0.787. The van der Waals surface area contributed by atoms with E-state index in [9.17, 15) is 0 Å². The lowest BCUT2D eigenvalue weighted by Gasteiger charge is -2.02. The molecule has 0 aliphatic rings. The van der Waals surface area contributed by atoms with Gasteiger partial charge in [0.2, 0.25) is 0 Å². The highest BCUT2D eigenvalue weighted by Gasteiger charge is 2.08. The summed E-state index contributed by atoms with van der Waals surface area (Å²) in [6.45, 7) is 2.07. The zero-order valence-corrected chi connectivity index (χ0v) is 10.3. The van der Waals surface area contributed by atoms with Gasteiger partial charge in [-0.1, -0.05) is 23.8 Å². The van der Waals surface area contributed by atoms with Crippen LogP contribution in [0.1, 0.15) is 5.56 Å². The number of fused-ring (bicyclic) bond motifs is 1. The molecule has 1 aromatic heterocycles. The first kappa shape index (κ1) is 10.3. The number of aryl methyl sites for hydroxylation is 1. The first-order valence-electron chi connectivity index (χ1n) is 5.46. The highest BCUT2D eigenvalue weighted by molar-refractivity contribution is 7.21. The Morgan fingerprint density at radius 3 is 2.76 bits per heavy atom. The Kier molecular flexibility index (Phi) is 2.34. The summed E-state index contributed by atoms with van der Waals surface area (Å²) in [6, 6.07) is 14.2. The normalized spacial score (nSPS) is 10.9. The van der Waals surface area contributed by atoms with Crippen molar-refractivity contribution in [3.8, 4) is 10.6 Å². The van der Waals surface area contributed by atoms with Crippen LogP contribution in [-0.2, 0) is 0 Å². The molecule has 1 heterocycles. The van der Waals surface area contributed by atoms with Gasteiger partial charge in [0.1, 0.15) is 5.01 Å². The molecule has 0 fully saturated rings. The predicted octanol–water partition coefficient (Wildman–Crippen LogP) is 3.85. The maximum atomic E-state index is 6.01. The van der Waals surface area contributed by atoms with Crippen molar-refractivity contribution < 1.29 is 0 Å². The first-order chi connectivity index (χ1) is 8.24. The summed E-state index contributed by atoms with van der Waals surface area (Å²) in [4.78, 5) is 4.62. The van der Waals surface area contributed by atoms with E-state index in [1.54, 1.807) is 11.3 Å². The van der Waals surface area contributed by atoms with Crippen molar-refractivity contribution >= 4 is 27.2 Å². The van der Waals surface area contributed by atoms with Crippen LogP contribution in [0.5, 0.6) is 0 Å². The summed E-state index contributed by atoms with van der Waals surface area (Å²) < 4.78 is 1.20. The van der Waals surface area contributed by atoms with Gasteiger partial charge in [0.15, 0.2) is 0 Å². The van der Waals surface area contributed by atoms with Gasteiger partial charge in [-0.3, -0.25) is 0 Å². The molecular weight excluding hydrogens is 228 g/mol. The lowest BCUT2D eigenvalue weighted by atomic mass is 10.1. The Bertz CT molecular complexity index is 653. The molecule has 3 rings (SSSR count). The number of benzene rings is 2. The maximum Gasteiger partial charge on any atom is 0.126 e. The molecule has 0 unspecified atom stereocenters. The Hall–Kier alpha value is -1.87. The van der Waals surface area contributed by atoms with Gasteiger partial charge in [0, 0.05) is 11.3 Å². The van der Waals surface area contributed by atoms with Crippen molar-refractivity contribution in [1.29, 1.82) is 0 Å². The van der Waals surface area contributed by atoms with E-state index in [1.807, 2.05) is 30.3 Å². The molecule has 17 heavy (non-hydrogen) atoms.